The van der Waals surface area contributed by atoms with E-state index in [-0.39, 0.29) is 18.2 Å². The van der Waals surface area contributed by atoms with E-state index in [1.807, 2.05) is 42.3 Å². The van der Waals surface area contributed by atoms with E-state index in [1.165, 1.54) is 6.07 Å². The van der Waals surface area contributed by atoms with Gasteiger partial charge in [-0.15, -0.1) is 0 Å². The molecule has 0 saturated carbocycles. The van der Waals surface area contributed by atoms with E-state index in [9.17, 15) is 27.6 Å². The monoisotopic (exact) mass is 589 g/mol. The van der Waals surface area contributed by atoms with Crippen LogP contribution in [0.5, 0.6) is 0 Å². The Labute approximate surface area is 246 Å². The second kappa shape index (κ2) is 11.8. The van der Waals surface area contributed by atoms with Crippen LogP contribution in [-0.2, 0) is 15.8 Å². The number of nitrogens with zero attached hydrogens (tertiary/aromatic N) is 2. The molecule has 3 atom stereocenters. The van der Waals surface area contributed by atoms with Crippen molar-refractivity contribution in [2.75, 3.05) is 16.9 Å². The summed E-state index contributed by atoms with van der Waals surface area (Å²) in [6, 6.07) is 18.8. The molecule has 0 saturated heterocycles. The van der Waals surface area contributed by atoms with Crippen LogP contribution >= 0.6 is 0 Å². The SMILES string of the molecule is C=CC(=O)Nc1ccccc1[C@H]1C2=C(N(CC)C(=O)[C@@H]1NC(=O)c1cccc(C(F)(F)F)c1)N(c1ccccc1)NC2C. The number of carbonyl (C=O) groups is 3. The molecule has 3 N–H and O–H groups in total. The van der Waals surface area contributed by atoms with Gasteiger partial charge in [0.2, 0.25) is 5.91 Å². The Bertz CT molecular complexity index is 1600. The van der Waals surface area contributed by atoms with Gasteiger partial charge in [0.15, 0.2) is 0 Å². The third kappa shape index (κ3) is 5.63. The number of para-hydroxylation sites is 2. The van der Waals surface area contributed by atoms with E-state index in [2.05, 4.69) is 22.6 Å². The van der Waals surface area contributed by atoms with Gasteiger partial charge in [-0.25, -0.2) is 5.43 Å². The lowest BCUT2D eigenvalue weighted by Gasteiger charge is -2.41. The molecule has 5 rings (SSSR count). The van der Waals surface area contributed by atoms with Crippen LogP contribution in [0.3, 0.4) is 0 Å². The van der Waals surface area contributed by atoms with Crippen LogP contribution in [0.1, 0.15) is 41.3 Å². The molecule has 3 aromatic carbocycles. The number of hydrazine groups is 1. The normalized spacial score (nSPS) is 20.1. The van der Waals surface area contributed by atoms with Gasteiger partial charge in [-0.05, 0) is 61.9 Å². The Balaban J connectivity index is 1.67. The van der Waals surface area contributed by atoms with E-state index >= 15 is 0 Å². The van der Waals surface area contributed by atoms with Crippen molar-refractivity contribution in [3.05, 3.63) is 120 Å². The molecule has 0 bridgehead atoms. The minimum atomic E-state index is -4.65. The van der Waals surface area contributed by atoms with E-state index in [0.29, 0.717) is 17.1 Å². The van der Waals surface area contributed by atoms with Crippen LogP contribution in [0.25, 0.3) is 0 Å². The number of hydrogen-bond donors (Lipinski definition) is 3. The van der Waals surface area contributed by atoms with Gasteiger partial charge in [-0.3, -0.25) is 24.3 Å². The molecule has 0 aliphatic carbocycles. The van der Waals surface area contributed by atoms with E-state index in [0.717, 1.165) is 35.5 Å². The first-order chi connectivity index (χ1) is 20.5. The van der Waals surface area contributed by atoms with Gasteiger partial charge in [0, 0.05) is 35.3 Å². The van der Waals surface area contributed by atoms with Gasteiger partial charge in [0.1, 0.15) is 11.9 Å². The lowest BCUT2D eigenvalue weighted by atomic mass is 9.78. The number of amides is 3. The Morgan fingerprint density at radius 1 is 1.02 bits per heavy atom. The molecule has 1 unspecified atom stereocenters. The second-order valence-electron chi connectivity index (χ2n) is 10.2. The molecular formula is C32H30F3N5O3. The molecule has 3 aromatic rings. The number of likely N-dealkylation sites (N-methyl/N-ethyl adjacent to an activating group) is 1. The van der Waals surface area contributed by atoms with Crippen molar-refractivity contribution in [3.8, 4) is 0 Å². The topological polar surface area (TPSA) is 93.8 Å². The van der Waals surface area contributed by atoms with Gasteiger partial charge in [-0.1, -0.05) is 49.0 Å². The molecule has 0 spiro atoms. The average Bonchev–Trinajstić information content (AvgIpc) is 3.34. The van der Waals surface area contributed by atoms with Crippen molar-refractivity contribution in [1.82, 2.24) is 15.6 Å². The molecule has 0 aromatic heterocycles. The van der Waals surface area contributed by atoms with E-state index < -0.39 is 41.4 Å². The second-order valence-corrected chi connectivity index (χ2v) is 10.2. The van der Waals surface area contributed by atoms with Crippen LogP contribution in [0.15, 0.2) is 103 Å². The molecule has 8 nitrogen and oxygen atoms in total. The fourth-order valence-corrected chi connectivity index (χ4v) is 5.63. The number of anilines is 2. The molecule has 2 aliphatic heterocycles. The third-order valence-corrected chi connectivity index (χ3v) is 7.52. The average molecular weight is 590 g/mol. The molecule has 222 valence electrons. The lowest BCUT2D eigenvalue weighted by Crippen LogP contribution is -2.56. The number of rotatable bonds is 7. The Morgan fingerprint density at radius 2 is 1.72 bits per heavy atom. The number of benzene rings is 3. The summed E-state index contributed by atoms with van der Waals surface area (Å²) in [5.74, 6) is -1.95. The number of alkyl halides is 3. The molecule has 0 radical (unpaired) electrons. The standard InChI is InChI=1S/C32H30F3N5O3/c1-4-25(41)36-24-17-10-9-16-23(24)27-26-19(3)38-40(22-14-7-6-8-15-22)30(26)39(5-2)31(43)28(27)37-29(42)20-12-11-13-21(18-20)32(33,34)35/h4,6-19,27-28,38H,1,5H2,2-3H3,(H,36,41)(H,37,42)/t19?,27-,28+/m0/s1. The maximum absolute atomic E-state index is 14.3. The summed E-state index contributed by atoms with van der Waals surface area (Å²) in [6.45, 7) is 7.50. The van der Waals surface area contributed by atoms with Crippen molar-refractivity contribution in [1.29, 1.82) is 0 Å². The maximum atomic E-state index is 14.3. The molecule has 3 amide bonds. The fourth-order valence-electron chi connectivity index (χ4n) is 5.63. The molecular weight excluding hydrogens is 559 g/mol. The lowest BCUT2D eigenvalue weighted by molar-refractivity contribution is -0.137. The number of halogens is 3. The van der Waals surface area contributed by atoms with E-state index in [4.69, 9.17) is 0 Å². The predicted octanol–water partition coefficient (Wildman–Crippen LogP) is 5.20. The van der Waals surface area contributed by atoms with Gasteiger partial charge in [-0.2, -0.15) is 13.2 Å². The minimum Gasteiger partial charge on any atom is -0.339 e. The zero-order valence-electron chi connectivity index (χ0n) is 23.5. The zero-order chi connectivity index (χ0) is 30.9. The van der Waals surface area contributed by atoms with Crippen molar-refractivity contribution in [3.63, 3.8) is 0 Å². The predicted molar refractivity (Wildman–Crippen MR) is 157 cm³/mol. The molecule has 0 fully saturated rings. The molecule has 2 heterocycles. The van der Waals surface area contributed by atoms with Crippen LogP contribution in [0, 0.1) is 0 Å². The largest absolute Gasteiger partial charge is 0.416 e. The summed E-state index contributed by atoms with van der Waals surface area (Å²) in [4.78, 5) is 41.7. The molecule has 2 aliphatic rings. The zero-order valence-corrected chi connectivity index (χ0v) is 23.5. The molecule has 43 heavy (non-hydrogen) atoms. The highest BCUT2D eigenvalue weighted by atomic mass is 19.4. The minimum absolute atomic E-state index is 0.235. The van der Waals surface area contributed by atoms with Gasteiger partial charge < -0.3 is 10.6 Å². The Hall–Kier alpha value is -4.90. The van der Waals surface area contributed by atoms with Gasteiger partial charge in [0.05, 0.1) is 11.3 Å². The third-order valence-electron chi connectivity index (χ3n) is 7.52. The summed E-state index contributed by atoms with van der Waals surface area (Å²) in [7, 11) is 0. The first-order valence-electron chi connectivity index (χ1n) is 13.7. The number of nitrogens with one attached hydrogen (secondary N) is 3. The quantitative estimate of drug-likeness (QED) is 0.330. The summed E-state index contributed by atoms with van der Waals surface area (Å²) < 4.78 is 40.3. The highest BCUT2D eigenvalue weighted by Gasteiger charge is 2.50. The maximum Gasteiger partial charge on any atom is 0.416 e. The summed E-state index contributed by atoms with van der Waals surface area (Å²) in [5.41, 5.74) is 4.71. The van der Waals surface area contributed by atoms with Crippen LogP contribution < -0.4 is 21.1 Å². The molecule has 11 heteroatoms. The van der Waals surface area contributed by atoms with Crippen LogP contribution in [0.2, 0.25) is 0 Å². The number of carbonyl (C=O) groups excluding carboxylic acids is 3. The van der Waals surface area contributed by atoms with Gasteiger partial charge >= 0.3 is 6.18 Å². The van der Waals surface area contributed by atoms with Crippen molar-refractivity contribution < 1.29 is 27.6 Å². The Kier molecular flexibility index (Phi) is 8.10. The van der Waals surface area contributed by atoms with Crippen molar-refractivity contribution in [2.24, 2.45) is 0 Å². The Morgan fingerprint density at radius 3 is 2.40 bits per heavy atom. The smallest absolute Gasteiger partial charge is 0.339 e. The highest BCUT2D eigenvalue weighted by molar-refractivity contribution is 6.01. The summed E-state index contributed by atoms with van der Waals surface area (Å²) >= 11 is 0. The van der Waals surface area contributed by atoms with E-state index in [1.54, 1.807) is 36.1 Å². The van der Waals surface area contributed by atoms with Gasteiger partial charge in [0.25, 0.3) is 11.8 Å². The van der Waals surface area contributed by atoms with Crippen molar-refractivity contribution >= 4 is 29.1 Å². The van der Waals surface area contributed by atoms with Crippen LogP contribution in [-0.4, -0.2) is 41.2 Å². The number of hydrogen-bond acceptors (Lipinski definition) is 5. The fraction of sp³-hybridized carbons (Fsp3) is 0.219. The van der Waals surface area contributed by atoms with Crippen molar-refractivity contribution in [2.45, 2.75) is 38.0 Å². The van der Waals surface area contributed by atoms with Crippen LogP contribution in [0.4, 0.5) is 24.5 Å². The first-order valence-corrected chi connectivity index (χ1v) is 13.7. The summed E-state index contributed by atoms with van der Waals surface area (Å²) in [6.07, 6.45) is -3.53. The first kappa shape index (κ1) is 29.6. The highest BCUT2D eigenvalue weighted by Crippen LogP contribution is 2.45. The summed E-state index contributed by atoms with van der Waals surface area (Å²) in [5, 5.41) is 7.36.